The van der Waals surface area contributed by atoms with Gasteiger partial charge in [0.2, 0.25) is 0 Å². The number of amides is 1. The summed E-state index contributed by atoms with van der Waals surface area (Å²) in [7, 11) is 0. The van der Waals surface area contributed by atoms with Crippen LogP contribution in [0.1, 0.15) is 50.5 Å². The van der Waals surface area contributed by atoms with Crippen molar-refractivity contribution in [1.29, 1.82) is 0 Å². The second kappa shape index (κ2) is 7.13. The SMILES string of the molecule is Cc1cc(C(=O)N2C[C@@H]3CCC[C@](O)(c4cccc(C(F)(F)F)c4)[C@H]3C2)sc1C. The maximum Gasteiger partial charge on any atom is 0.416 e. The molecule has 1 saturated heterocycles. The van der Waals surface area contributed by atoms with Gasteiger partial charge in [0.05, 0.1) is 16.0 Å². The summed E-state index contributed by atoms with van der Waals surface area (Å²) in [6, 6.07) is 6.92. The van der Waals surface area contributed by atoms with E-state index in [0.717, 1.165) is 35.4 Å². The summed E-state index contributed by atoms with van der Waals surface area (Å²) < 4.78 is 39.6. The van der Waals surface area contributed by atoms with E-state index in [-0.39, 0.29) is 17.7 Å². The predicted octanol–water partition coefficient (Wildman–Crippen LogP) is 5.14. The number of nitrogens with zero attached hydrogens (tertiary/aromatic N) is 1. The molecule has 0 bridgehead atoms. The number of halogens is 3. The molecule has 1 amide bonds. The normalized spacial score (nSPS) is 27.2. The van der Waals surface area contributed by atoms with E-state index >= 15 is 0 Å². The summed E-state index contributed by atoms with van der Waals surface area (Å²) >= 11 is 1.46. The number of hydrogen-bond acceptors (Lipinski definition) is 3. The Labute approximate surface area is 172 Å². The average Bonchev–Trinajstić information content (AvgIpc) is 3.25. The van der Waals surface area contributed by atoms with Gasteiger partial charge in [-0.15, -0.1) is 11.3 Å². The molecule has 29 heavy (non-hydrogen) atoms. The number of aliphatic hydroxyl groups is 1. The van der Waals surface area contributed by atoms with Gasteiger partial charge in [0.25, 0.3) is 5.91 Å². The molecule has 1 aromatic carbocycles. The van der Waals surface area contributed by atoms with E-state index in [9.17, 15) is 23.1 Å². The Kier molecular flexibility index (Phi) is 5.02. The number of rotatable bonds is 2. The van der Waals surface area contributed by atoms with E-state index in [1.54, 1.807) is 11.0 Å². The number of carbonyl (C=O) groups is 1. The van der Waals surface area contributed by atoms with Crippen LogP contribution < -0.4 is 0 Å². The first kappa shape index (κ1) is 20.4. The monoisotopic (exact) mass is 423 g/mol. The van der Waals surface area contributed by atoms with E-state index < -0.39 is 17.3 Å². The number of hydrogen-bond donors (Lipinski definition) is 1. The Bertz CT molecular complexity index is 919. The number of alkyl halides is 3. The van der Waals surface area contributed by atoms with Crippen molar-refractivity contribution >= 4 is 17.2 Å². The molecule has 0 spiro atoms. The number of likely N-dealkylation sites (tertiary alicyclic amines) is 1. The lowest BCUT2D eigenvalue weighted by atomic mass is 9.67. The zero-order valence-electron chi connectivity index (χ0n) is 16.4. The third-order valence-corrected chi connectivity index (χ3v) is 7.68. The molecule has 1 N–H and O–H groups in total. The molecule has 3 atom stereocenters. The second-order valence-corrected chi connectivity index (χ2v) is 9.58. The highest BCUT2D eigenvalue weighted by molar-refractivity contribution is 7.14. The van der Waals surface area contributed by atoms with Crippen LogP contribution in [0.5, 0.6) is 0 Å². The molecule has 2 heterocycles. The van der Waals surface area contributed by atoms with Crippen molar-refractivity contribution in [3.05, 3.63) is 56.8 Å². The highest BCUT2D eigenvalue weighted by atomic mass is 32.1. The van der Waals surface area contributed by atoms with Crippen LogP contribution in [0.3, 0.4) is 0 Å². The van der Waals surface area contributed by atoms with Crippen molar-refractivity contribution in [2.45, 2.75) is 44.9 Å². The van der Waals surface area contributed by atoms with Crippen LogP contribution >= 0.6 is 11.3 Å². The van der Waals surface area contributed by atoms with E-state index in [0.29, 0.717) is 30.0 Å². The van der Waals surface area contributed by atoms with Crippen LogP contribution in [0.25, 0.3) is 0 Å². The van der Waals surface area contributed by atoms with Gasteiger partial charge >= 0.3 is 6.18 Å². The summed E-state index contributed by atoms with van der Waals surface area (Å²) in [6.45, 7) is 4.86. The first-order valence-corrected chi connectivity index (χ1v) is 10.7. The van der Waals surface area contributed by atoms with E-state index in [2.05, 4.69) is 0 Å². The van der Waals surface area contributed by atoms with Gasteiger partial charge in [-0.2, -0.15) is 13.2 Å². The quantitative estimate of drug-likeness (QED) is 0.726. The molecule has 156 valence electrons. The topological polar surface area (TPSA) is 40.5 Å². The smallest absolute Gasteiger partial charge is 0.385 e. The maximum absolute atomic E-state index is 13.2. The zero-order chi connectivity index (χ0) is 21.0. The molecular formula is C22H24F3NO2S. The first-order valence-electron chi connectivity index (χ1n) is 9.86. The summed E-state index contributed by atoms with van der Waals surface area (Å²) in [6.07, 6.45) is -2.44. The third kappa shape index (κ3) is 3.59. The molecule has 0 unspecified atom stereocenters. The summed E-state index contributed by atoms with van der Waals surface area (Å²) in [5.74, 6) is -0.216. The number of fused-ring (bicyclic) bond motifs is 1. The zero-order valence-corrected chi connectivity index (χ0v) is 17.2. The predicted molar refractivity (Wildman–Crippen MR) is 106 cm³/mol. The van der Waals surface area contributed by atoms with Gasteiger partial charge in [0.15, 0.2) is 0 Å². The fourth-order valence-corrected chi connectivity index (χ4v) is 5.85. The Balaban J connectivity index is 1.62. The molecule has 4 rings (SSSR count). The molecule has 2 fully saturated rings. The lowest BCUT2D eigenvalue weighted by Crippen LogP contribution is -2.43. The highest BCUT2D eigenvalue weighted by Gasteiger charge is 2.51. The van der Waals surface area contributed by atoms with Crippen LogP contribution in [0.4, 0.5) is 13.2 Å². The second-order valence-electron chi connectivity index (χ2n) is 8.32. The van der Waals surface area contributed by atoms with Crippen molar-refractivity contribution in [1.82, 2.24) is 4.90 Å². The Hall–Kier alpha value is -1.86. The standard InChI is InChI=1S/C22H24F3NO2S/c1-13-9-19(29-14(13)2)20(27)26-11-15-5-4-8-21(28,18(15)12-26)16-6-3-7-17(10-16)22(23,24)25/h3,6-7,9-10,15,18,28H,4-5,8,11-12H2,1-2H3/t15-,18-,21-/m0/s1. The Morgan fingerprint density at radius 2 is 2.00 bits per heavy atom. The van der Waals surface area contributed by atoms with Gasteiger partial charge in [0.1, 0.15) is 0 Å². The van der Waals surface area contributed by atoms with Crippen LogP contribution in [0, 0.1) is 25.7 Å². The molecule has 1 saturated carbocycles. The molecule has 1 aromatic heterocycles. The summed E-state index contributed by atoms with van der Waals surface area (Å²) in [5, 5.41) is 11.5. The molecule has 3 nitrogen and oxygen atoms in total. The fourth-order valence-electron chi connectivity index (χ4n) is 4.85. The number of aryl methyl sites for hydroxylation is 2. The minimum absolute atomic E-state index is 0.0491. The largest absolute Gasteiger partial charge is 0.416 e. The van der Waals surface area contributed by atoms with Crippen molar-refractivity contribution in [3.63, 3.8) is 0 Å². The van der Waals surface area contributed by atoms with Gasteiger partial charge in [0, 0.05) is 23.9 Å². The van der Waals surface area contributed by atoms with Gasteiger partial charge in [-0.25, -0.2) is 0 Å². The average molecular weight is 424 g/mol. The van der Waals surface area contributed by atoms with Crippen LogP contribution in [0.2, 0.25) is 0 Å². The van der Waals surface area contributed by atoms with Gasteiger partial charge in [-0.3, -0.25) is 4.79 Å². The molecule has 1 aliphatic carbocycles. The molecule has 7 heteroatoms. The molecular weight excluding hydrogens is 399 g/mol. The van der Waals surface area contributed by atoms with Crippen LogP contribution in [0.15, 0.2) is 30.3 Å². The van der Waals surface area contributed by atoms with Crippen molar-refractivity contribution < 1.29 is 23.1 Å². The fraction of sp³-hybridized carbons (Fsp3) is 0.500. The van der Waals surface area contributed by atoms with Crippen molar-refractivity contribution in [2.75, 3.05) is 13.1 Å². The number of benzene rings is 1. The van der Waals surface area contributed by atoms with Gasteiger partial charge < -0.3 is 10.0 Å². The molecule has 1 aliphatic heterocycles. The van der Waals surface area contributed by atoms with Crippen molar-refractivity contribution in [2.24, 2.45) is 11.8 Å². The highest BCUT2D eigenvalue weighted by Crippen LogP contribution is 2.49. The molecule has 2 aromatic rings. The number of thiophene rings is 1. The van der Waals surface area contributed by atoms with E-state index in [1.165, 1.54) is 17.4 Å². The Morgan fingerprint density at radius 3 is 2.66 bits per heavy atom. The lowest BCUT2D eigenvalue weighted by Gasteiger charge is -2.41. The molecule has 2 aliphatic rings. The molecule has 0 radical (unpaired) electrons. The van der Waals surface area contributed by atoms with Gasteiger partial charge in [-0.05, 0) is 68.4 Å². The van der Waals surface area contributed by atoms with E-state index in [4.69, 9.17) is 0 Å². The Morgan fingerprint density at radius 1 is 1.24 bits per heavy atom. The van der Waals surface area contributed by atoms with E-state index in [1.807, 2.05) is 19.9 Å². The minimum Gasteiger partial charge on any atom is -0.385 e. The number of carbonyl (C=O) groups excluding carboxylic acids is 1. The minimum atomic E-state index is -4.45. The summed E-state index contributed by atoms with van der Waals surface area (Å²) in [4.78, 5) is 16.5. The lowest BCUT2D eigenvalue weighted by molar-refractivity contribution is -0.138. The van der Waals surface area contributed by atoms with Crippen LogP contribution in [-0.4, -0.2) is 29.0 Å². The van der Waals surface area contributed by atoms with Crippen molar-refractivity contribution in [3.8, 4) is 0 Å². The first-order chi connectivity index (χ1) is 13.6. The third-order valence-electron chi connectivity index (χ3n) is 6.54. The summed E-state index contributed by atoms with van der Waals surface area (Å²) in [5.41, 5.74) is -0.712. The van der Waals surface area contributed by atoms with Crippen LogP contribution in [-0.2, 0) is 11.8 Å². The maximum atomic E-state index is 13.2. The van der Waals surface area contributed by atoms with Gasteiger partial charge in [-0.1, -0.05) is 12.1 Å².